The van der Waals surface area contributed by atoms with E-state index in [9.17, 15) is 0 Å². The minimum atomic E-state index is 0.567. The molecule has 5 heteroatoms. The molecular weight excluding hydrogens is 731 g/mol. The molecule has 0 aliphatic carbocycles. The first kappa shape index (κ1) is 33.9. The second kappa shape index (κ2) is 13.8. The second-order valence-electron chi connectivity index (χ2n) is 15.3. The number of hydrogen-bond acceptors (Lipinski definition) is 3. The van der Waals surface area contributed by atoms with Crippen LogP contribution in [0.2, 0.25) is 0 Å². The SMILES string of the molecule is c1ccc(-c2cccc(-c3nc(-c4cccc(-c5ccccc5)c4)nc(-n4c5ccccc5c5cc6cc(-n7c8ccccc8c8ccccc87)ccc6cc54)n3)c2)cc1. The number of nitrogens with zero attached hydrogens (tertiary/aromatic N) is 5. The fraction of sp³-hybridized carbons (Fsp3) is 0. The molecule has 0 aliphatic rings. The Morgan fingerprint density at radius 2 is 0.733 bits per heavy atom. The molecule has 0 unspecified atom stereocenters. The highest BCUT2D eigenvalue weighted by Gasteiger charge is 2.20. The smallest absolute Gasteiger partial charge is 0.238 e. The first-order valence-electron chi connectivity index (χ1n) is 20.3. The normalized spacial score (nSPS) is 11.7. The van der Waals surface area contributed by atoms with Gasteiger partial charge in [-0.2, -0.15) is 9.97 Å². The van der Waals surface area contributed by atoms with E-state index in [1.165, 1.54) is 21.8 Å². The van der Waals surface area contributed by atoms with Gasteiger partial charge in [-0.05, 0) is 87.6 Å². The van der Waals surface area contributed by atoms with Crippen molar-refractivity contribution in [2.45, 2.75) is 0 Å². The van der Waals surface area contributed by atoms with Crippen LogP contribution in [0.4, 0.5) is 0 Å². The van der Waals surface area contributed by atoms with Crippen LogP contribution in [0.15, 0.2) is 212 Å². The maximum absolute atomic E-state index is 5.31. The molecule has 9 aromatic carbocycles. The molecule has 0 amide bonds. The Labute approximate surface area is 346 Å². The molecule has 0 aliphatic heterocycles. The zero-order valence-corrected chi connectivity index (χ0v) is 32.4. The standard InChI is InChI=1S/C55H35N5/c1-3-15-36(16-4-1)38-19-13-21-41(31-38)53-56-54(42-22-14-20-39(32-42)37-17-5-2-6-18-37)58-55(57-53)60-51-28-12-9-25-47(51)48-34-43-33-44(30-29-40(43)35-52(48)60)59-49-26-10-7-23-45(49)46-24-8-11-27-50(46)59/h1-35H. The van der Waals surface area contributed by atoms with Crippen molar-refractivity contribution in [3.05, 3.63) is 212 Å². The summed E-state index contributed by atoms with van der Waals surface area (Å²) in [5.74, 6) is 1.79. The molecule has 0 fully saturated rings. The predicted molar refractivity (Wildman–Crippen MR) is 248 cm³/mol. The number of benzene rings is 9. The number of aromatic nitrogens is 5. The third-order valence-electron chi connectivity index (χ3n) is 11.7. The summed E-state index contributed by atoms with van der Waals surface area (Å²) in [6.07, 6.45) is 0. The molecule has 0 saturated carbocycles. The van der Waals surface area contributed by atoms with Gasteiger partial charge in [0.2, 0.25) is 5.95 Å². The molecule has 0 radical (unpaired) electrons. The molecular formula is C55H35N5. The Balaban J connectivity index is 1.07. The molecule has 12 aromatic rings. The lowest BCUT2D eigenvalue weighted by molar-refractivity contribution is 0.954. The molecule has 0 saturated heterocycles. The van der Waals surface area contributed by atoms with Crippen LogP contribution in [-0.2, 0) is 0 Å². The highest BCUT2D eigenvalue weighted by molar-refractivity contribution is 6.14. The summed E-state index contributed by atoms with van der Waals surface area (Å²) in [5.41, 5.74) is 11.9. The second-order valence-corrected chi connectivity index (χ2v) is 15.3. The number of rotatable bonds is 6. The largest absolute Gasteiger partial charge is 0.309 e. The molecule has 3 heterocycles. The van der Waals surface area contributed by atoms with Crippen molar-refractivity contribution in [1.29, 1.82) is 0 Å². The van der Waals surface area contributed by atoms with Crippen molar-refractivity contribution in [3.8, 4) is 56.7 Å². The molecule has 280 valence electrons. The third-order valence-corrected chi connectivity index (χ3v) is 11.7. The maximum atomic E-state index is 5.31. The first-order valence-corrected chi connectivity index (χ1v) is 20.3. The lowest BCUT2D eigenvalue weighted by Gasteiger charge is -2.13. The van der Waals surface area contributed by atoms with Gasteiger partial charge in [-0.25, -0.2) is 4.98 Å². The minimum absolute atomic E-state index is 0.567. The summed E-state index contributed by atoms with van der Waals surface area (Å²) >= 11 is 0. The van der Waals surface area contributed by atoms with Crippen LogP contribution in [0, 0.1) is 0 Å². The van der Waals surface area contributed by atoms with E-state index >= 15 is 0 Å². The van der Waals surface area contributed by atoms with Crippen LogP contribution in [0.5, 0.6) is 0 Å². The Bertz CT molecular complexity index is 3450. The number of fused-ring (bicyclic) bond motifs is 7. The van der Waals surface area contributed by atoms with Gasteiger partial charge in [-0.1, -0.05) is 158 Å². The van der Waals surface area contributed by atoms with E-state index in [0.29, 0.717) is 17.6 Å². The van der Waals surface area contributed by atoms with Gasteiger partial charge in [0, 0.05) is 38.4 Å². The van der Waals surface area contributed by atoms with Crippen LogP contribution in [-0.4, -0.2) is 24.1 Å². The average Bonchev–Trinajstić information content (AvgIpc) is 3.83. The van der Waals surface area contributed by atoms with Gasteiger partial charge in [-0.3, -0.25) is 4.57 Å². The van der Waals surface area contributed by atoms with Gasteiger partial charge in [-0.15, -0.1) is 0 Å². The monoisotopic (exact) mass is 765 g/mol. The van der Waals surface area contributed by atoms with Gasteiger partial charge in [0.25, 0.3) is 0 Å². The summed E-state index contributed by atoms with van der Waals surface area (Å²) in [6.45, 7) is 0. The zero-order chi connectivity index (χ0) is 39.6. The Morgan fingerprint density at radius 3 is 1.30 bits per heavy atom. The summed E-state index contributed by atoms with van der Waals surface area (Å²) in [4.78, 5) is 15.8. The van der Waals surface area contributed by atoms with Gasteiger partial charge in [0.1, 0.15) is 0 Å². The van der Waals surface area contributed by atoms with Crippen molar-refractivity contribution in [2.24, 2.45) is 0 Å². The molecule has 0 spiro atoms. The molecule has 0 N–H and O–H groups in total. The van der Waals surface area contributed by atoms with E-state index < -0.39 is 0 Å². The quantitative estimate of drug-likeness (QED) is 0.169. The summed E-state index contributed by atoms with van der Waals surface area (Å²) in [6, 6.07) is 75.1. The molecule has 5 nitrogen and oxygen atoms in total. The first-order chi connectivity index (χ1) is 29.7. The van der Waals surface area contributed by atoms with E-state index in [0.717, 1.165) is 71.6 Å². The molecule has 60 heavy (non-hydrogen) atoms. The van der Waals surface area contributed by atoms with Crippen LogP contribution in [0.3, 0.4) is 0 Å². The van der Waals surface area contributed by atoms with Crippen LogP contribution >= 0.6 is 0 Å². The lowest BCUT2D eigenvalue weighted by Crippen LogP contribution is -2.06. The Morgan fingerprint density at radius 1 is 0.267 bits per heavy atom. The third kappa shape index (κ3) is 5.59. The van der Waals surface area contributed by atoms with E-state index in [1.54, 1.807) is 0 Å². The predicted octanol–water partition coefficient (Wildman–Crippen LogP) is 13.9. The van der Waals surface area contributed by atoms with Gasteiger partial charge < -0.3 is 4.57 Å². The van der Waals surface area contributed by atoms with E-state index in [1.807, 2.05) is 12.1 Å². The van der Waals surface area contributed by atoms with Gasteiger partial charge >= 0.3 is 0 Å². The Hall–Kier alpha value is -8.15. The van der Waals surface area contributed by atoms with Crippen molar-refractivity contribution in [3.63, 3.8) is 0 Å². The van der Waals surface area contributed by atoms with Crippen LogP contribution in [0.25, 0.3) is 111 Å². The molecule has 12 rings (SSSR count). The average molecular weight is 766 g/mol. The highest BCUT2D eigenvalue weighted by Crippen LogP contribution is 2.38. The van der Waals surface area contributed by atoms with E-state index in [4.69, 9.17) is 15.0 Å². The lowest BCUT2D eigenvalue weighted by atomic mass is 10.0. The van der Waals surface area contributed by atoms with Crippen LogP contribution in [0.1, 0.15) is 0 Å². The summed E-state index contributed by atoms with van der Waals surface area (Å²) < 4.78 is 4.59. The van der Waals surface area contributed by atoms with Crippen molar-refractivity contribution >= 4 is 54.4 Å². The maximum Gasteiger partial charge on any atom is 0.238 e. The topological polar surface area (TPSA) is 48.5 Å². The van der Waals surface area contributed by atoms with Crippen molar-refractivity contribution in [1.82, 2.24) is 24.1 Å². The van der Waals surface area contributed by atoms with Crippen LogP contribution < -0.4 is 0 Å². The fourth-order valence-corrected chi connectivity index (χ4v) is 8.92. The zero-order valence-electron chi connectivity index (χ0n) is 32.4. The minimum Gasteiger partial charge on any atom is -0.309 e. The van der Waals surface area contributed by atoms with Gasteiger partial charge in [0.15, 0.2) is 11.6 Å². The number of hydrogen-bond donors (Lipinski definition) is 0. The summed E-state index contributed by atoms with van der Waals surface area (Å²) in [5, 5.41) is 7.08. The van der Waals surface area contributed by atoms with E-state index in [2.05, 4.69) is 209 Å². The fourth-order valence-electron chi connectivity index (χ4n) is 8.92. The van der Waals surface area contributed by atoms with E-state index in [-0.39, 0.29) is 0 Å². The molecule has 3 aromatic heterocycles. The molecule has 0 bridgehead atoms. The highest BCUT2D eigenvalue weighted by atomic mass is 15.2. The molecule has 0 atom stereocenters. The Kier molecular flexibility index (Phi) is 7.78. The number of para-hydroxylation sites is 3. The summed E-state index contributed by atoms with van der Waals surface area (Å²) in [7, 11) is 0. The van der Waals surface area contributed by atoms with Crippen molar-refractivity contribution < 1.29 is 0 Å². The van der Waals surface area contributed by atoms with Gasteiger partial charge in [0.05, 0.1) is 22.1 Å². The van der Waals surface area contributed by atoms with Crippen molar-refractivity contribution in [2.75, 3.05) is 0 Å².